The topological polar surface area (TPSA) is 60.9 Å². The van der Waals surface area contributed by atoms with Gasteiger partial charge in [0.15, 0.2) is 0 Å². The summed E-state index contributed by atoms with van der Waals surface area (Å²) in [5.74, 6) is -0.356. The Hall–Kier alpha value is -1.91. The molecule has 5 heteroatoms. The molecule has 0 atom stereocenters. The SMILES string of the molecule is Cn1c(N)nc2cc(F)ccc2c1=O. The molecule has 0 aliphatic heterocycles. The van der Waals surface area contributed by atoms with Crippen LogP contribution in [0.2, 0.25) is 0 Å². The molecule has 0 radical (unpaired) electrons. The van der Waals surface area contributed by atoms with E-state index in [4.69, 9.17) is 5.73 Å². The smallest absolute Gasteiger partial charge is 0.262 e. The number of nitrogens with two attached hydrogens (primary N) is 1. The molecule has 0 saturated heterocycles. The van der Waals surface area contributed by atoms with Gasteiger partial charge in [-0.2, -0.15) is 0 Å². The van der Waals surface area contributed by atoms with E-state index >= 15 is 0 Å². The third-order valence-corrected chi connectivity index (χ3v) is 2.07. The minimum absolute atomic E-state index is 0.0769. The Balaban J connectivity index is 2.98. The van der Waals surface area contributed by atoms with Crippen molar-refractivity contribution < 1.29 is 4.39 Å². The molecule has 2 rings (SSSR count). The van der Waals surface area contributed by atoms with Crippen LogP contribution in [0, 0.1) is 5.82 Å². The van der Waals surface area contributed by atoms with E-state index in [0.29, 0.717) is 5.39 Å². The molecule has 0 aliphatic carbocycles. The van der Waals surface area contributed by atoms with Crippen molar-refractivity contribution in [3.63, 3.8) is 0 Å². The lowest BCUT2D eigenvalue weighted by Crippen LogP contribution is -2.21. The van der Waals surface area contributed by atoms with Crippen molar-refractivity contribution in [3.05, 3.63) is 34.4 Å². The highest BCUT2D eigenvalue weighted by molar-refractivity contribution is 5.78. The van der Waals surface area contributed by atoms with E-state index in [1.165, 1.54) is 29.8 Å². The van der Waals surface area contributed by atoms with Gasteiger partial charge in [0.1, 0.15) is 5.82 Å². The first-order chi connectivity index (χ1) is 6.59. The lowest BCUT2D eigenvalue weighted by atomic mass is 10.2. The van der Waals surface area contributed by atoms with Crippen LogP contribution in [0.15, 0.2) is 23.0 Å². The average molecular weight is 193 g/mol. The summed E-state index contributed by atoms with van der Waals surface area (Å²) in [6.07, 6.45) is 0. The number of anilines is 1. The Kier molecular flexibility index (Phi) is 1.73. The molecule has 2 N–H and O–H groups in total. The molecule has 4 nitrogen and oxygen atoms in total. The molecule has 1 aromatic carbocycles. The van der Waals surface area contributed by atoms with Crippen LogP contribution in [0.5, 0.6) is 0 Å². The monoisotopic (exact) mass is 193 g/mol. The molecule has 0 unspecified atom stereocenters. The molecule has 1 aromatic heterocycles. The first-order valence-electron chi connectivity index (χ1n) is 4.01. The van der Waals surface area contributed by atoms with E-state index in [1.54, 1.807) is 0 Å². The Bertz CT molecular complexity index is 562. The molecule has 0 fully saturated rings. The number of nitrogen functional groups attached to an aromatic ring is 1. The Morgan fingerprint density at radius 2 is 2.21 bits per heavy atom. The van der Waals surface area contributed by atoms with Crippen LogP contribution in [0.4, 0.5) is 10.3 Å². The summed E-state index contributed by atoms with van der Waals surface area (Å²) in [4.78, 5) is 15.5. The number of hydrogen-bond donors (Lipinski definition) is 1. The zero-order valence-corrected chi connectivity index (χ0v) is 7.49. The second kappa shape index (κ2) is 2.80. The summed E-state index contributed by atoms with van der Waals surface area (Å²) in [5.41, 5.74) is 5.48. The predicted octanol–water partition coefficient (Wildman–Crippen LogP) is 0.655. The molecule has 0 bridgehead atoms. The maximum absolute atomic E-state index is 12.8. The largest absolute Gasteiger partial charge is 0.369 e. The summed E-state index contributed by atoms with van der Waals surface area (Å²) in [6, 6.07) is 3.81. The maximum Gasteiger partial charge on any atom is 0.262 e. The van der Waals surface area contributed by atoms with Crippen molar-refractivity contribution >= 4 is 16.9 Å². The normalized spacial score (nSPS) is 10.7. The number of hydrogen-bond acceptors (Lipinski definition) is 3. The summed E-state index contributed by atoms with van der Waals surface area (Å²) in [7, 11) is 1.52. The van der Waals surface area contributed by atoms with Crippen LogP contribution in [0.3, 0.4) is 0 Å². The van der Waals surface area contributed by atoms with E-state index in [9.17, 15) is 9.18 Å². The molecule has 72 valence electrons. The van der Waals surface area contributed by atoms with Gasteiger partial charge < -0.3 is 5.73 Å². The lowest BCUT2D eigenvalue weighted by Gasteiger charge is -2.03. The van der Waals surface area contributed by atoms with E-state index in [-0.39, 0.29) is 17.0 Å². The summed E-state index contributed by atoms with van der Waals surface area (Å²) >= 11 is 0. The van der Waals surface area contributed by atoms with Crippen molar-refractivity contribution in [2.45, 2.75) is 0 Å². The van der Waals surface area contributed by atoms with Gasteiger partial charge in [-0.15, -0.1) is 0 Å². The van der Waals surface area contributed by atoms with Gasteiger partial charge in [0.05, 0.1) is 10.9 Å². The Labute approximate surface area is 78.8 Å². The van der Waals surface area contributed by atoms with Crippen molar-refractivity contribution in [1.29, 1.82) is 0 Å². The third-order valence-electron chi connectivity index (χ3n) is 2.07. The zero-order valence-electron chi connectivity index (χ0n) is 7.49. The summed E-state index contributed by atoms with van der Waals surface area (Å²) in [6.45, 7) is 0. The molecule has 0 spiro atoms. The van der Waals surface area contributed by atoms with Crippen LogP contribution in [0.25, 0.3) is 10.9 Å². The number of aromatic nitrogens is 2. The van der Waals surface area contributed by atoms with Crippen molar-refractivity contribution in [2.75, 3.05) is 5.73 Å². The van der Waals surface area contributed by atoms with Crippen LogP contribution < -0.4 is 11.3 Å². The molecule has 0 amide bonds. The van der Waals surface area contributed by atoms with Gasteiger partial charge in [-0.1, -0.05) is 0 Å². The second-order valence-corrected chi connectivity index (χ2v) is 3.00. The molecule has 14 heavy (non-hydrogen) atoms. The Morgan fingerprint density at radius 1 is 1.50 bits per heavy atom. The number of nitrogens with zero attached hydrogens (tertiary/aromatic N) is 2. The highest BCUT2D eigenvalue weighted by atomic mass is 19.1. The Morgan fingerprint density at radius 3 is 2.93 bits per heavy atom. The fourth-order valence-corrected chi connectivity index (χ4v) is 1.26. The minimum atomic E-state index is -0.433. The number of benzene rings is 1. The van der Waals surface area contributed by atoms with Crippen molar-refractivity contribution in [2.24, 2.45) is 7.05 Å². The van der Waals surface area contributed by atoms with Gasteiger partial charge in [0.2, 0.25) is 5.95 Å². The molecule has 1 heterocycles. The molecular formula is C9H8FN3O. The highest BCUT2D eigenvalue weighted by Gasteiger charge is 2.05. The van der Waals surface area contributed by atoms with E-state index in [0.717, 1.165) is 0 Å². The van der Waals surface area contributed by atoms with Gasteiger partial charge in [-0.05, 0) is 12.1 Å². The zero-order chi connectivity index (χ0) is 10.3. The fourth-order valence-electron chi connectivity index (χ4n) is 1.26. The minimum Gasteiger partial charge on any atom is -0.369 e. The highest BCUT2D eigenvalue weighted by Crippen LogP contribution is 2.10. The number of fused-ring (bicyclic) bond motifs is 1. The number of halogens is 1. The van der Waals surface area contributed by atoms with Gasteiger partial charge in [-0.25, -0.2) is 9.37 Å². The molecule has 0 saturated carbocycles. The average Bonchev–Trinajstić information content (AvgIpc) is 2.14. The van der Waals surface area contributed by atoms with Crippen LogP contribution in [-0.2, 0) is 7.05 Å². The van der Waals surface area contributed by atoms with Gasteiger partial charge >= 0.3 is 0 Å². The quantitative estimate of drug-likeness (QED) is 0.668. The predicted molar refractivity (Wildman–Crippen MR) is 51.4 cm³/mol. The van der Waals surface area contributed by atoms with E-state index in [2.05, 4.69) is 4.98 Å². The standard InChI is InChI=1S/C9H8FN3O/c1-13-8(14)6-3-2-5(10)4-7(6)12-9(13)11/h2-4H,1H3,(H2,11,12). The van der Waals surface area contributed by atoms with E-state index in [1.807, 2.05) is 0 Å². The number of rotatable bonds is 0. The second-order valence-electron chi connectivity index (χ2n) is 3.00. The van der Waals surface area contributed by atoms with Gasteiger partial charge in [-0.3, -0.25) is 9.36 Å². The fraction of sp³-hybridized carbons (Fsp3) is 0.111. The maximum atomic E-state index is 12.8. The van der Waals surface area contributed by atoms with Crippen LogP contribution in [0.1, 0.15) is 0 Å². The van der Waals surface area contributed by atoms with Crippen molar-refractivity contribution in [1.82, 2.24) is 9.55 Å². The lowest BCUT2D eigenvalue weighted by molar-refractivity contribution is 0.629. The van der Waals surface area contributed by atoms with Crippen LogP contribution in [-0.4, -0.2) is 9.55 Å². The van der Waals surface area contributed by atoms with E-state index < -0.39 is 5.82 Å². The third kappa shape index (κ3) is 1.14. The van der Waals surface area contributed by atoms with Crippen molar-refractivity contribution in [3.8, 4) is 0 Å². The summed E-state index contributed by atoms with van der Waals surface area (Å²) < 4.78 is 14.0. The summed E-state index contributed by atoms with van der Waals surface area (Å²) in [5, 5.41) is 0.364. The molecular weight excluding hydrogens is 185 g/mol. The molecule has 0 aliphatic rings. The first-order valence-corrected chi connectivity index (χ1v) is 4.01. The van der Waals surface area contributed by atoms with Gasteiger partial charge in [0, 0.05) is 13.1 Å². The molecule has 2 aromatic rings. The van der Waals surface area contributed by atoms with Gasteiger partial charge in [0.25, 0.3) is 5.56 Å². The first kappa shape index (κ1) is 8.68. The van der Waals surface area contributed by atoms with Crippen LogP contribution >= 0.6 is 0 Å².